The zero-order valence-electron chi connectivity index (χ0n) is 11.6. The molecule has 0 bridgehead atoms. The molecule has 2 aromatic carbocycles. The van der Waals surface area contributed by atoms with Gasteiger partial charge in [-0.05, 0) is 36.4 Å². The van der Waals surface area contributed by atoms with Crippen LogP contribution in [0.5, 0.6) is 0 Å². The fourth-order valence-electron chi connectivity index (χ4n) is 1.44. The quantitative estimate of drug-likeness (QED) is 0.838. The van der Waals surface area contributed by atoms with Crippen LogP contribution >= 0.6 is 0 Å². The molecule has 20 heavy (non-hydrogen) atoms. The van der Waals surface area contributed by atoms with E-state index in [1.165, 1.54) is 0 Å². The normalized spacial score (nSPS) is 8.65. The maximum Gasteiger partial charge on any atom is 0.150 e. The van der Waals surface area contributed by atoms with Gasteiger partial charge in [0.1, 0.15) is 6.29 Å². The van der Waals surface area contributed by atoms with Crippen molar-refractivity contribution in [1.29, 1.82) is 5.26 Å². The highest BCUT2D eigenvalue weighted by Gasteiger charge is 1.89. The predicted molar refractivity (Wildman–Crippen MR) is 82.1 cm³/mol. The lowest BCUT2D eigenvalue weighted by Crippen LogP contribution is -1.89. The van der Waals surface area contributed by atoms with Crippen LogP contribution < -0.4 is 10.6 Å². The molecular formula is C16H17N3O. The molecule has 2 N–H and O–H groups in total. The molecule has 0 fully saturated rings. The molecule has 0 unspecified atom stereocenters. The van der Waals surface area contributed by atoms with Crippen molar-refractivity contribution >= 4 is 17.7 Å². The average Bonchev–Trinajstić information content (AvgIpc) is 2.55. The van der Waals surface area contributed by atoms with Crippen LogP contribution in [0.25, 0.3) is 0 Å². The Morgan fingerprint density at radius 1 is 0.900 bits per heavy atom. The fourth-order valence-corrected chi connectivity index (χ4v) is 1.44. The van der Waals surface area contributed by atoms with E-state index >= 15 is 0 Å². The van der Waals surface area contributed by atoms with Crippen molar-refractivity contribution in [1.82, 2.24) is 0 Å². The Kier molecular flexibility index (Phi) is 6.35. The summed E-state index contributed by atoms with van der Waals surface area (Å²) in [5.74, 6) is 0. The molecule has 0 aliphatic rings. The van der Waals surface area contributed by atoms with Gasteiger partial charge in [0.2, 0.25) is 0 Å². The zero-order valence-corrected chi connectivity index (χ0v) is 11.6. The second-order valence-corrected chi connectivity index (χ2v) is 3.93. The number of benzene rings is 2. The van der Waals surface area contributed by atoms with Gasteiger partial charge in [0.15, 0.2) is 0 Å². The van der Waals surface area contributed by atoms with Crippen LogP contribution in [0.3, 0.4) is 0 Å². The maximum atomic E-state index is 10.1. The van der Waals surface area contributed by atoms with E-state index in [1.54, 1.807) is 24.3 Å². The summed E-state index contributed by atoms with van der Waals surface area (Å²) in [7, 11) is 3.82. The van der Waals surface area contributed by atoms with E-state index < -0.39 is 0 Å². The van der Waals surface area contributed by atoms with Crippen LogP contribution in [-0.2, 0) is 0 Å². The molecule has 0 aliphatic heterocycles. The van der Waals surface area contributed by atoms with Crippen molar-refractivity contribution in [3.8, 4) is 6.07 Å². The second-order valence-electron chi connectivity index (χ2n) is 3.93. The standard InChI is InChI=1S/C8H12N2.C8H5NO/c1-9-7-3-5-8(10-2)6-4-7;9-5-7-1-3-8(6-10)4-2-7/h3-6,9-10H,1-2H3;1-4,6H. The number of anilines is 2. The summed E-state index contributed by atoms with van der Waals surface area (Å²) in [4.78, 5) is 10.1. The van der Waals surface area contributed by atoms with Gasteiger partial charge in [0, 0.05) is 31.0 Å². The number of aldehydes is 1. The van der Waals surface area contributed by atoms with Gasteiger partial charge in [-0.25, -0.2) is 0 Å². The SMILES string of the molecule is CNc1ccc(NC)cc1.N#Cc1ccc(C=O)cc1. The zero-order chi connectivity index (χ0) is 14.8. The van der Waals surface area contributed by atoms with Gasteiger partial charge in [0.25, 0.3) is 0 Å². The van der Waals surface area contributed by atoms with E-state index in [-0.39, 0.29) is 0 Å². The molecule has 4 nitrogen and oxygen atoms in total. The molecule has 0 amide bonds. The smallest absolute Gasteiger partial charge is 0.150 e. The summed E-state index contributed by atoms with van der Waals surface area (Å²) in [6.07, 6.45) is 0.751. The molecule has 102 valence electrons. The van der Waals surface area contributed by atoms with Crippen LogP contribution in [0, 0.1) is 11.3 Å². The number of nitriles is 1. The molecule has 0 radical (unpaired) electrons. The Bertz CT molecular complexity index is 545. The molecule has 0 aromatic heterocycles. The third-order valence-electron chi connectivity index (χ3n) is 2.64. The first-order valence-electron chi connectivity index (χ1n) is 6.14. The van der Waals surface area contributed by atoms with Gasteiger partial charge in [-0.15, -0.1) is 0 Å². The minimum absolute atomic E-state index is 0.575. The molecule has 0 spiro atoms. The summed E-state index contributed by atoms with van der Waals surface area (Å²) in [5.41, 5.74) is 3.45. The molecule has 2 aromatic rings. The monoisotopic (exact) mass is 267 g/mol. The Balaban J connectivity index is 0.000000200. The highest BCUT2D eigenvalue weighted by Crippen LogP contribution is 2.11. The van der Waals surface area contributed by atoms with Gasteiger partial charge in [0.05, 0.1) is 11.6 Å². The van der Waals surface area contributed by atoms with Gasteiger partial charge in [-0.1, -0.05) is 12.1 Å². The van der Waals surface area contributed by atoms with Gasteiger partial charge < -0.3 is 10.6 Å². The first-order valence-corrected chi connectivity index (χ1v) is 6.14. The van der Waals surface area contributed by atoms with Gasteiger partial charge >= 0.3 is 0 Å². The van der Waals surface area contributed by atoms with Crippen molar-refractivity contribution in [3.05, 3.63) is 59.7 Å². The van der Waals surface area contributed by atoms with Crippen molar-refractivity contribution < 1.29 is 4.79 Å². The van der Waals surface area contributed by atoms with Crippen LogP contribution in [0.1, 0.15) is 15.9 Å². The van der Waals surface area contributed by atoms with Crippen molar-refractivity contribution in [3.63, 3.8) is 0 Å². The summed E-state index contributed by atoms with van der Waals surface area (Å²) in [6.45, 7) is 0. The Hall–Kier alpha value is -2.80. The van der Waals surface area contributed by atoms with Crippen molar-refractivity contribution in [2.24, 2.45) is 0 Å². The number of hydrogen-bond acceptors (Lipinski definition) is 4. The number of rotatable bonds is 3. The van der Waals surface area contributed by atoms with E-state index in [9.17, 15) is 4.79 Å². The highest BCUT2D eigenvalue weighted by molar-refractivity contribution is 5.74. The average molecular weight is 267 g/mol. The third-order valence-corrected chi connectivity index (χ3v) is 2.64. The second kappa shape index (κ2) is 8.33. The van der Waals surface area contributed by atoms with Crippen LogP contribution in [0.15, 0.2) is 48.5 Å². The lowest BCUT2D eigenvalue weighted by Gasteiger charge is -2.01. The van der Waals surface area contributed by atoms with Crippen molar-refractivity contribution in [2.45, 2.75) is 0 Å². The first kappa shape index (κ1) is 15.3. The fraction of sp³-hybridized carbons (Fsp3) is 0.125. The third kappa shape index (κ3) is 4.83. The first-order chi connectivity index (χ1) is 9.73. The number of carbonyl (C=O) groups is 1. The molecule has 0 aliphatic carbocycles. The molecule has 0 atom stereocenters. The topological polar surface area (TPSA) is 64.9 Å². The number of nitrogens with one attached hydrogen (secondary N) is 2. The lowest BCUT2D eigenvalue weighted by atomic mass is 10.2. The molecule has 4 heteroatoms. The van der Waals surface area contributed by atoms with Gasteiger partial charge in [-0.2, -0.15) is 5.26 Å². The van der Waals surface area contributed by atoms with Crippen molar-refractivity contribution in [2.75, 3.05) is 24.7 Å². The van der Waals surface area contributed by atoms with E-state index in [2.05, 4.69) is 10.6 Å². The summed E-state index contributed by atoms with van der Waals surface area (Å²) >= 11 is 0. The number of hydrogen-bond donors (Lipinski definition) is 2. The predicted octanol–water partition coefficient (Wildman–Crippen LogP) is 3.14. The molecule has 2 rings (SSSR count). The van der Waals surface area contributed by atoms with Crippen LogP contribution in [-0.4, -0.2) is 20.4 Å². The largest absolute Gasteiger partial charge is 0.388 e. The maximum absolute atomic E-state index is 10.1. The van der Waals surface area contributed by atoms with E-state index in [1.807, 2.05) is 44.4 Å². The van der Waals surface area contributed by atoms with E-state index in [0.29, 0.717) is 11.1 Å². The minimum Gasteiger partial charge on any atom is -0.388 e. The van der Waals surface area contributed by atoms with Crippen LogP contribution in [0.2, 0.25) is 0 Å². The molecule has 0 heterocycles. The van der Waals surface area contributed by atoms with E-state index in [0.717, 1.165) is 17.7 Å². The molecular weight excluding hydrogens is 250 g/mol. The molecule has 0 saturated heterocycles. The number of nitrogens with zero attached hydrogens (tertiary/aromatic N) is 1. The summed E-state index contributed by atoms with van der Waals surface area (Å²) in [5, 5.41) is 14.5. The summed E-state index contributed by atoms with van der Waals surface area (Å²) < 4.78 is 0. The Morgan fingerprint density at radius 2 is 1.35 bits per heavy atom. The molecule has 0 saturated carbocycles. The van der Waals surface area contributed by atoms with Gasteiger partial charge in [-0.3, -0.25) is 4.79 Å². The van der Waals surface area contributed by atoms with E-state index in [4.69, 9.17) is 5.26 Å². The lowest BCUT2D eigenvalue weighted by molar-refractivity contribution is 0.112. The minimum atomic E-state index is 0.575. The van der Waals surface area contributed by atoms with Crippen LogP contribution in [0.4, 0.5) is 11.4 Å². The Labute approximate surface area is 119 Å². The summed E-state index contributed by atoms with van der Waals surface area (Å²) in [6, 6.07) is 16.6. The number of carbonyl (C=O) groups excluding carboxylic acids is 1. The Morgan fingerprint density at radius 3 is 1.65 bits per heavy atom. The highest BCUT2D eigenvalue weighted by atomic mass is 16.1.